The first-order valence-electron chi connectivity index (χ1n) is 6.18. The van der Waals surface area contributed by atoms with Crippen molar-refractivity contribution in [2.75, 3.05) is 13.7 Å². The Morgan fingerprint density at radius 3 is 2.63 bits per heavy atom. The number of carbonyl (C=O) groups excluding carboxylic acids is 2. The van der Waals surface area contributed by atoms with Gasteiger partial charge < -0.3 is 10.1 Å². The van der Waals surface area contributed by atoms with Gasteiger partial charge in [-0.05, 0) is 5.56 Å². The van der Waals surface area contributed by atoms with Gasteiger partial charge in [-0.15, -0.1) is 6.58 Å². The lowest BCUT2D eigenvalue weighted by Gasteiger charge is -2.12. The topological polar surface area (TPSA) is 55.4 Å². The third-order valence-electron chi connectivity index (χ3n) is 2.80. The molecule has 1 aromatic carbocycles. The summed E-state index contributed by atoms with van der Waals surface area (Å²) in [7, 11) is 1.33. The van der Waals surface area contributed by atoms with Crippen molar-refractivity contribution in [3.63, 3.8) is 0 Å². The fourth-order valence-electron chi connectivity index (χ4n) is 1.72. The molecule has 4 nitrogen and oxygen atoms in total. The lowest BCUT2D eigenvalue weighted by atomic mass is 9.95. The highest BCUT2D eigenvalue weighted by Gasteiger charge is 2.12. The molecule has 0 bridgehead atoms. The molecule has 0 saturated heterocycles. The second-order valence-electron chi connectivity index (χ2n) is 4.13. The van der Waals surface area contributed by atoms with Crippen molar-refractivity contribution in [3.05, 3.63) is 48.6 Å². The molecule has 0 heterocycles. The standard InChI is InChI=1S/C15H19NO3/c1-3-12(13-7-5-4-6-8-13)11-14(17)16-10-9-15(18)19-2/h3-8,12H,1,9-11H2,2H3,(H,16,17)/t12-/m1/s1. The monoisotopic (exact) mass is 261 g/mol. The van der Waals surface area contributed by atoms with E-state index in [9.17, 15) is 9.59 Å². The number of amides is 1. The summed E-state index contributed by atoms with van der Waals surface area (Å²) in [6, 6.07) is 9.73. The Labute approximate surface area is 113 Å². The highest BCUT2D eigenvalue weighted by molar-refractivity contribution is 5.78. The van der Waals surface area contributed by atoms with Crippen molar-refractivity contribution in [3.8, 4) is 0 Å². The summed E-state index contributed by atoms with van der Waals surface area (Å²) in [6.45, 7) is 4.05. The fourth-order valence-corrected chi connectivity index (χ4v) is 1.72. The molecule has 0 fully saturated rings. The Morgan fingerprint density at radius 2 is 2.05 bits per heavy atom. The molecule has 19 heavy (non-hydrogen) atoms. The van der Waals surface area contributed by atoms with E-state index in [4.69, 9.17) is 0 Å². The Balaban J connectivity index is 2.42. The van der Waals surface area contributed by atoms with Gasteiger partial charge in [0.1, 0.15) is 0 Å². The van der Waals surface area contributed by atoms with E-state index in [1.807, 2.05) is 30.3 Å². The summed E-state index contributed by atoms with van der Waals surface area (Å²) in [5.41, 5.74) is 1.06. The third-order valence-corrected chi connectivity index (χ3v) is 2.80. The van der Waals surface area contributed by atoms with Crippen molar-refractivity contribution in [2.24, 2.45) is 0 Å². The highest BCUT2D eigenvalue weighted by atomic mass is 16.5. The van der Waals surface area contributed by atoms with Gasteiger partial charge in [-0.3, -0.25) is 9.59 Å². The van der Waals surface area contributed by atoms with Gasteiger partial charge in [0.25, 0.3) is 0 Å². The molecule has 0 unspecified atom stereocenters. The number of carbonyl (C=O) groups is 2. The second-order valence-corrected chi connectivity index (χ2v) is 4.13. The molecule has 0 aliphatic carbocycles. The molecule has 1 rings (SSSR count). The second kappa shape index (κ2) is 8.08. The van der Waals surface area contributed by atoms with E-state index >= 15 is 0 Å². The minimum absolute atomic E-state index is 0.0145. The molecule has 4 heteroatoms. The fraction of sp³-hybridized carbons (Fsp3) is 0.333. The first-order valence-corrected chi connectivity index (χ1v) is 6.18. The normalized spacial score (nSPS) is 11.4. The zero-order chi connectivity index (χ0) is 14.1. The maximum atomic E-state index is 11.7. The molecule has 102 valence electrons. The lowest BCUT2D eigenvalue weighted by Crippen LogP contribution is -2.27. The Morgan fingerprint density at radius 1 is 1.37 bits per heavy atom. The number of methoxy groups -OCH3 is 1. The van der Waals surface area contributed by atoms with Crippen molar-refractivity contribution in [1.82, 2.24) is 5.32 Å². The molecule has 1 atom stereocenters. The number of hydrogen-bond acceptors (Lipinski definition) is 3. The first-order chi connectivity index (χ1) is 9.17. The predicted octanol–water partition coefficient (Wildman–Crippen LogP) is 2.03. The molecular weight excluding hydrogens is 242 g/mol. The van der Waals surface area contributed by atoms with Crippen LogP contribution in [0.1, 0.15) is 24.3 Å². The van der Waals surface area contributed by atoms with Crippen LogP contribution >= 0.6 is 0 Å². The van der Waals surface area contributed by atoms with Crippen molar-refractivity contribution >= 4 is 11.9 Å². The number of allylic oxidation sites excluding steroid dienone is 1. The molecule has 0 spiro atoms. The summed E-state index contributed by atoms with van der Waals surface area (Å²) < 4.78 is 4.50. The van der Waals surface area contributed by atoms with Crippen LogP contribution in [-0.2, 0) is 14.3 Å². The Kier molecular flexibility index (Phi) is 6.36. The smallest absolute Gasteiger partial charge is 0.307 e. The molecular formula is C15H19NO3. The largest absolute Gasteiger partial charge is 0.469 e. The van der Waals surface area contributed by atoms with Crippen LogP contribution in [0.25, 0.3) is 0 Å². The lowest BCUT2D eigenvalue weighted by molar-refractivity contribution is -0.140. The van der Waals surface area contributed by atoms with Gasteiger partial charge in [0.05, 0.1) is 13.5 Å². The number of ether oxygens (including phenoxy) is 1. The van der Waals surface area contributed by atoms with Crippen LogP contribution in [0.15, 0.2) is 43.0 Å². The Bertz CT molecular complexity index is 428. The van der Waals surface area contributed by atoms with E-state index in [-0.39, 0.29) is 24.2 Å². The summed E-state index contributed by atoms with van der Waals surface area (Å²) in [5, 5.41) is 2.69. The van der Waals surface area contributed by atoms with E-state index < -0.39 is 0 Å². The van der Waals surface area contributed by atoms with Gasteiger partial charge in [-0.25, -0.2) is 0 Å². The molecule has 1 N–H and O–H groups in total. The van der Waals surface area contributed by atoms with E-state index in [1.54, 1.807) is 6.08 Å². The highest BCUT2D eigenvalue weighted by Crippen LogP contribution is 2.20. The minimum atomic E-state index is -0.330. The average Bonchev–Trinajstić information content (AvgIpc) is 2.45. The molecule has 0 saturated carbocycles. The molecule has 1 aromatic rings. The first kappa shape index (κ1) is 15.0. The van der Waals surface area contributed by atoms with Crippen LogP contribution in [0.4, 0.5) is 0 Å². The number of nitrogens with one attached hydrogen (secondary N) is 1. The summed E-state index contributed by atoms with van der Waals surface area (Å²) in [4.78, 5) is 22.6. The van der Waals surface area contributed by atoms with Gasteiger partial charge in [0, 0.05) is 18.9 Å². The van der Waals surface area contributed by atoms with Gasteiger partial charge in [0.15, 0.2) is 0 Å². The van der Waals surface area contributed by atoms with Crippen LogP contribution in [0.2, 0.25) is 0 Å². The maximum absolute atomic E-state index is 11.7. The number of rotatable bonds is 7. The van der Waals surface area contributed by atoms with E-state index in [2.05, 4.69) is 16.6 Å². The predicted molar refractivity (Wildman–Crippen MR) is 73.6 cm³/mol. The quantitative estimate of drug-likeness (QED) is 0.603. The third kappa shape index (κ3) is 5.38. The molecule has 0 aliphatic rings. The molecule has 0 aliphatic heterocycles. The van der Waals surface area contributed by atoms with Crippen LogP contribution in [-0.4, -0.2) is 25.5 Å². The average molecular weight is 261 g/mol. The number of hydrogen-bond donors (Lipinski definition) is 1. The summed E-state index contributed by atoms with van der Waals surface area (Å²) >= 11 is 0. The SMILES string of the molecule is C=C[C@H](CC(=O)NCCC(=O)OC)c1ccccc1. The van der Waals surface area contributed by atoms with Crippen LogP contribution in [0.3, 0.4) is 0 Å². The van der Waals surface area contributed by atoms with Gasteiger partial charge in [-0.1, -0.05) is 36.4 Å². The van der Waals surface area contributed by atoms with Crippen molar-refractivity contribution in [2.45, 2.75) is 18.8 Å². The summed E-state index contributed by atoms with van der Waals surface area (Å²) in [6.07, 6.45) is 2.27. The zero-order valence-corrected chi connectivity index (χ0v) is 11.1. The zero-order valence-electron chi connectivity index (χ0n) is 11.1. The van der Waals surface area contributed by atoms with Gasteiger partial charge >= 0.3 is 5.97 Å². The number of benzene rings is 1. The van der Waals surface area contributed by atoms with Crippen LogP contribution in [0.5, 0.6) is 0 Å². The van der Waals surface area contributed by atoms with E-state index in [0.717, 1.165) is 5.56 Å². The molecule has 0 aromatic heterocycles. The van der Waals surface area contributed by atoms with Crippen molar-refractivity contribution in [1.29, 1.82) is 0 Å². The van der Waals surface area contributed by atoms with Crippen molar-refractivity contribution < 1.29 is 14.3 Å². The van der Waals surface area contributed by atoms with E-state index in [0.29, 0.717) is 13.0 Å². The van der Waals surface area contributed by atoms with Crippen LogP contribution < -0.4 is 5.32 Å². The minimum Gasteiger partial charge on any atom is -0.469 e. The van der Waals surface area contributed by atoms with Gasteiger partial charge in [-0.2, -0.15) is 0 Å². The Hall–Kier alpha value is -2.10. The maximum Gasteiger partial charge on any atom is 0.307 e. The van der Waals surface area contributed by atoms with Gasteiger partial charge in [0.2, 0.25) is 5.91 Å². The molecule has 1 amide bonds. The summed E-state index contributed by atoms with van der Waals surface area (Å²) in [5.74, 6) is -0.444. The number of esters is 1. The van der Waals surface area contributed by atoms with E-state index in [1.165, 1.54) is 7.11 Å². The van der Waals surface area contributed by atoms with Crippen LogP contribution in [0, 0.1) is 0 Å². The molecule has 0 radical (unpaired) electrons.